The van der Waals surface area contributed by atoms with Gasteiger partial charge < -0.3 is 12.4 Å². The van der Waals surface area contributed by atoms with Crippen molar-refractivity contribution in [2.24, 2.45) is 7.05 Å². The number of pyridine rings is 1. The summed E-state index contributed by atoms with van der Waals surface area (Å²) in [6, 6.07) is 16.8. The van der Waals surface area contributed by atoms with E-state index >= 15 is 0 Å². The monoisotopic (exact) mass is 326 g/mol. The average molecular weight is 327 g/mol. The minimum atomic E-state index is -0.391. The molecule has 0 bridgehead atoms. The van der Waals surface area contributed by atoms with Crippen LogP contribution in [0, 0.1) is 10.1 Å². The molecule has 1 heterocycles. The van der Waals surface area contributed by atoms with Crippen LogP contribution >= 0.6 is 0 Å². The predicted molar refractivity (Wildman–Crippen MR) is 87.1 cm³/mol. The molecular formula is C18H15ClN2O2. The molecule has 0 amide bonds. The van der Waals surface area contributed by atoms with Crippen LogP contribution in [0.5, 0.6) is 0 Å². The second-order valence-electron chi connectivity index (χ2n) is 5.08. The number of nitrogens with zero attached hydrogens (tertiary/aromatic N) is 2. The van der Waals surface area contributed by atoms with Gasteiger partial charge in [0, 0.05) is 24.3 Å². The molecule has 0 unspecified atom stereocenters. The van der Waals surface area contributed by atoms with Gasteiger partial charge in [0.2, 0.25) is 5.52 Å². The number of hydrogen-bond acceptors (Lipinski definition) is 2. The first-order chi connectivity index (χ1) is 10.6. The summed E-state index contributed by atoms with van der Waals surface area (Å²) in [6.45, 7) is 0. The van der Waals surface area contributed by atoms with Crippen molar-refractivity contribution in [3.05, 3.63) is 82.0 Å². The Morgan fingerprint density at radius 3 is 2.39 bits per heavy atom. The molecule has 1 aromatic heterocycles. The molecule has 0 spiro atoms. The summed E-state index contributed by atoms with van der Waals surface area (Å²) in [6.07, 6.45) is 6.02. The number of benzene rings is 2. The quantitative estimate of drug-likeness (QED) is 0.405. The van der Waals surface area contributed by atoms with E-state index in [0.29, 0.717) is 0 Å². The van der Waals surface area contributed by atoms with Crippen molar-refractivity contribution in [2.45, 2.75) is 0 Å². The van der Waals surface area contributed by atoms with E-state index in [1.807, 2.05) is 37.5 Å². The molecule has 0 aliphatic rings. The Hall–Kier alpha value is -2.72. The van der Waals surface area contributed by atoms with Gasteiger partial charge in [0.1, 0.15) is 7.05 Å². The van der Waals surface area contributed by atoms with Gasteiger partial charge >= 0.3 is 0 Å². The van der Waals surface area contributed by atoms with Crippen molar-refractivity contribution in [3.63, 3.8) is 0 Å². The summed E-state index contributed by atoms with van der Waals surface area (Å²) in [5.41, 5.74) is 3.32. The Morgan fingerprint density at radius 2 is 1.70 bits per heavy atom. The second kappa shape index (κ2) is 7.03. The van der Waals surface area contributed by atoms with Gasteiger partial charge in [-0.15, -0.1) is 0 Å². The molecule has 3 aromatic rings. The molecule has 0 fully saturated rings. The third-order valence-corrected chi connectivity index (χ3v) is 3.63. The zero-order chi connectivity index (χ0) is 15.5. The van der Waals surface area contributed by atoms with Crippen LogP contribution in [-0.4, -0.2) is 4.92 Å². The fraction of sp³-hybridized carbons (Fsp3) is 0.0556. The van der Waals surface area contributed by atoms with Crippen molar-refractivity contribution < 1.29 is 21.9 Å². The number of non-ortho nitro benzene ring substituents is 1. The number of aryl methyl sites for hydroxylation is 1. The third-order valence-electron chi connectivity index (χ3n) is 3.63. The standard InChI is InChI=1S/C18H15N2O2.ClH/c1-19-13-12-15(17-4-2-3-5-18(17)19)9-6-14-7-10-16(11-8-14)20(21)22;/h2-13H,1H3;1H/q+1;/p-1. The van der Waals surface area contributed by atoms with E-state index in [4.69, 9.17) is 0 Å². The Labute approximate surface area is 140 Å². The minimum absolute atomic E-state index is 0. The highest BCUT2D eigenvalue weighted by Gasteiger charge is 2.07. The Bertz CT molecular complexity index is 874. The van der Waals surface area contributed by atoms with Crippen molar-refractivity contribution >= 4 is 28.7 Å². The third kappa shape index (κ3) is 3.55. The average Bonchev–Trinajstić information content (AvgIpc) is 2.55. The molecule has 0 N–H and O–H groups in total. The maximum atomic E-state index is 10.7. The summed E-state index contributed by atoms with van der Waals surface area (Å²) in [5.74, 6) is 0. The van der Waals surface area contributed by atoms with Gasteiger partial charge in [-0.2, -0.15) is 0 Å². The highest BCUT2D eigenvalue weighted by Crippen LogP contribution is 2.19. The van der Waals surface area contributed by atoms with E-state index < -0.39 is 4.92 Å². The number of nitro groups is 1. The highest BCUT2D eigenvalue weighted by atomic mass is 35.5. The van der Waals surface area contributed by atoms with Gasteiger partial charge in [0.15, 0.2) is 6.20 Å². The maximum Gasteiger partial charge on any atom is 0.269 e. The molecule has 4 nitrogen and oxygen atoms in total. The SMILES string of the molecule is C[n+]1ccc(C=Cc2ccc([N+](=O)[O-])cc2)c2ccccc21.[Cl-]. The molecule has 0 atom stereocenters. The zero-order valence-corrected chi connectivity index (χ0v) is 13.3. The Morgan fingerprint density at radius 1 is 1.00 bits per heavy atom. The van der Waals surface area contributed by atoms with Crippen LogP contribution in [0.4, 0.5) is 5.69 Å². The smallest absolute Gasteiger partial charge is 0.269 e. The van der Waals surface area contributed by atoms with E-state index in [1.54, 1.807) is 12.1 Å². The number of nitro benzene ring substituents is 1. The maximum absolute atomic E-state index is 10.7. The van der Waals surface area contributed by atoms with Gasteiger partial charge in [0.05, 0.1) is 10.3 Å². The molecule has 0 saturated carbocycles. The van der Waals surface area contributed by atoms with Gasteiger partial charge in [-0.3, -0.25) is 10.1 Å². The van der Waals surface area contributed by atoms with Crippen molar-refractivity contribution in [3.8, 4) is 0 Å². The number of para-hydroxylation sites is 1. The number of rotatable bonds is 3. The lowest BCUT2D eigenvalue weighted by Gasteiger charge is -2.00. The van der Waals surface area contributed by atoms with Gasteiger partial charge in [-0.1, -0.05) is 24.3 Å². The molecular weight excluding hydrogens is 312 g/mol. The summed E-state index contributed by atoms with van der Waals surface area (Å²) in [5, 5.41) is 11.8. The van der Waals surface area contributed by atoms with E-state index in [0.717, 1.165) is 16.6 Å². The van der Waals surface area contributed by atoms with Crippen molar-refractivity contribution in [1.82, 2.24) is 0 Å². The van der Waals surface area contributed by atoms with Gasteiger partial charge in [-0.05, 0) is 29.3 Å². The molecule has 116 valence electrons. The molecule has 23 heavy (non-hydrogen) atoms. The fourth-order valence-electron chi connectivity index (χ4n) is 2.43. The molecule has 0 aliphatic carbocycles. The molecule has 2 aromatic carbocycles. The number of hydrogen-bond donors (Lipinski definition) is 0. The van der Waals surface area contributed by atoms with E-state index in [-0.39, 0.29) is 18.1 Å². The van der Waals surface area contributed by atoms with Crippen LogP contribution in [-0.2, 0) is 7.05 Å². The molecule has 0 radical (unpaired) electrons. The lowest BCUT2D eigenvalue weighted by molar-refractivity contribution is -0.644. The molecule has 3 rings (SSSR count). The van der Waals surface area contributed by atoms with Crippen LogP contribution in [0.25, 0.3) is 23.1 Å². The van der Waals surface area contributed by atoms with Crippen LogP contribution in [0.1, 0.15) is 11.1 Å². The highest BCUT2D eigenvalue weighted by molar-refractivity contribution is 5.88. The number of halogens is 1. The van der Waals surface area contributed by atoms with Crippen LogP contribution in [0.2, 0.25) is 0 Å². The first-order valence-corrected chi connectivity index (χ1v) is 6.95. The number of aromatic nitrogens is 1. The lowest BCUT2D eigenvalue weighted by Crippen LogP contribution is -3.00. The fourth-order valence-corrected chi connectivity index (χ4v) is 2.43. The minimum Gasteiger partial charge on any atom is -1.00 e. The topological polar surface area (TPSA) is 47.0 Å². The van der Waals surface area contributed by atoms with Crippen molar-refractivity contribution in [1.29, 1.82) is 0 Å². The predicted octanol–water partition coefficient (Wildman–Crippen LogP) is 0.747. The normalized spacial score (nSPS) is 10.7. The molecule has 0 aliphatic heterocycles. The Balaban J connectivity index is 0.00000192. The summed E-state index contributed by atoms with van der Waals surface area (Å²) in [4.78, 5) is 10.3. The van der Waals surface area contributed by atoms with Crippen LogP contribution < -0.4 is 17.0 Å². The number of fused-ring (bicyclic) bond motifs is 1. The molecule has 5 heteroatoms. The zero-order valence-electron chi connectivity index (χ0n) is 12.5. The van der Waals surface area contributed by atoms with E-state index in [9.17, 15) is 10.1 Å². The first-order valence-electron chi connectivity index (χ1n) is 6.95. The summed E-state index contributed by atoms with van der Waals surface area (Å²) in [7, 11) is 2.02. The Kier molecular flexibility index (Phi) is 5.09. The second-order valence-corrected chi connectivity index (χ2v) is 5.08. The lowest BCUT2D eigenvalue weighted by atomic mass is 10.1. The van der Waals surface area contributed by atoms with Crippen LogP contribution in [0.15, 0.2) is 60.8 Å². The van der Waals surface area contributed by atoms with Crippen LogP contribution in [0.3, 0.4) is 0 Å². The van der Waals surface area contributed by atoms with E-state index in [1.165, 1.54) is 17.5 Å². The summed E-state index contributed by atoms with van der Waals surface area (Å²) < 4.78 is 2.08. The van der Waals surface area contributed by atoms with Gasteiger partial charge in [0.25, 0.3) is 5.69 Å². The largest absolute Gasteiger partial charge is 1.00 e. The van der Waals surface area contributed by atoms with Crippen molar-refractivity contribution in [2.75, 3.05) is 0 Å². The summed E-state index contributed by atoms with van der Waals surface area (Å²) >= 11 is 0. The van der Waals surface area contributed by atoms with E-state index in [2.05, 4.69) is 22.8 Å². The molecule has 0 saturated heterocycles. The van der Waals surface area contributed by atoms with Gasteiger partial charge in [-0.25, -0.2) is 4.57 Å². The first kappa shape index (κ1) is 16.6.